The zero-order valence-corrected chi connectivity index (χ0v) is 9.96. The molecule has 0 aliphatic carbocycles. The second kappa shape index (κ2) is 4.45. The zero-order chi connectivity index (χ0) is 10.8. The van der Waals surface area contributed by atoms with Crippen LogP contribution < -0.4 is 10.5 Å². The fraction of sp³-hybridized carbons (Fsp3) is 0.500. The first-order valence-electron chi connectivity index (χ1n) is 5.32. The Hall–Kier alpha value is -0.670. The smallest absolute Gasteiger partial charge is 0.133 e. The molecule has 0 aromatic heterocycles. The van der Waals surface area contributed by atoms with Crippen molar-refractivity contribution in [3.8, 4) is 5.75 Å². The standard InChI is InChI=1S/C12H17NOS/c1-8(2)12(13)10-7-15-11-6-4-3-5-9(11)14-10/h3-6,8,10,12H,7,13H2,1-2H3. The first kappa shape index (κ1) is 10.8. The van der Waals surface area contributed by atoms with Crippen molar-refractivity contribution in [3.05, 3.63) is 24.3 Å². The second-order valence-corrected chi connectivity index (χ2v) is 5.30. The Morgan fingerprint density at radius 1 is 1.40 bits per heavy atom. The lowest BCUT2D eigenvalue weighted by Gasteiger charge is -2.31. The first-order valence-corrected chi connectivity index (χ1v) is 6.31. The Bertz CT molecular complexity index is 340. The van der Waals surface area contributed by atoms with E-state index in [0.29, 0.717) is 5.92 Å². The third kappa shape index (κ3) is 2.29. The molecule has 0 fully saturated rings. The summed E-state index contributed by atoms with van der Waals surface area (Å²) >= 11 is 1.84. The molecule has 2 unspecified atom stereocenters. The molecule has 2 atom stereocenters. The lowest BCUT2D eigenvalue weighted by Crippen LogP contribution is -2.45. The van der Waals surface area contributed by atoms with Crippen LogP contribution in [0.3, 0.4) is 0 Å². The number of fused-ring (bicyclic) bond motifs is 1. The maximum atomic E-state index is 6.11. The normalized spacial score (nSPS) is 22.0. The van der Waals surface area contributed by atoms with Gasteiger partial charge in [0, 0.05) is 16.7 Å². The molecule has 0 amide bonds. The molecule has 2 rings (SSSR count). The summed E-state index contributed by atoms with van der Waals surface area (Å²) in [4.78, 5) is 1.23. The molecular weight excluding hydrogens is 206 g/mol. The van der Waals surface area contributed by atoms with Gasteiger partial charge in [-0.2, -0.15) is 0 Å². The zero-order valence-electron chi connectivity index (χ0n) is 9.14. The lowest BCUT2D eigenvalue weighted by atomic mass is 10.0. The van der Waals surface area contributed by atoms with Gasteiger partial charge in [0.2, 0.25) is 0 Å². The van der Waals surface area contributed by atoms with E-state index in [0.717, 1.165) is 11.5 Å². The molecule has 2 N–H and O–H groups in total. The Balaban J connectivity index is 2.12. The molecule has 0 saturated carbocycles. The maximum Gasteiger partial charge on any atom is 0.133 e. The van der Waals surface area contributed by atoms with Crippen molar-refractivity contribution in [2.45, 2.75) is 30.9 Å². The minimum atomic E-state index is 0.117. The van der Waals surface area contributed by atoms with Crippen LogP contribution in [0, 0.1) is 5.92 Å². The predicted octanol–water partition coefficient (Wildman–Crippen LogP) is 2.52. The minimum absolute atomic E-state index is 0.117. The van der Waals surface area contributed by atoms with Crippen LogP contribution in [-0.4, -0.2) is 17.9 Å². The van der Waals surface area contributed by atoms with Crippen LogP contribution >= 0.6 is 11.8 Å². The molecule has 1 heterocycles. The van der Waals surface area contributed by atoms with E-state index < -0.39 is 0 Å². The van der Waals surface area contributed by atoms with Crippen molar-refractivity contribution >= 4 is 11.8 Å². The summed E-state index contributed by atoms with van der Waals surface area (Å²) in [5.41, 5.74) is 6.11. The van der Waals surface area contributed by atoms with Gasteiger partial charge in [0.25, 0.3) is 0 Å². The average Bonchev–Trinajstić information content (AvgIpc) is 2.27. The van der Waals surface area contributed by atoms with Gasteiger partial charge < -0.3 is 10.5 Å². The summed E-state index contributed by atoms with van der Waals surface area (Å²) in [7, 11) is 0. The minimum Gasteiger partial charge on any atom is -0.487 e. The molecule has 1 aliphatic heterocycles. The average molecular weight is 223 g/mol. The molecule has 2 nitrogen and oxygen atoms in total. The highest BCUT2D eigenvalue weighted by Gasteiger charge is 2.27. The van der Waals surface area contributed by atoms with Gasteiger partial charge >= 0.3 is 0 Å². The number of nitrogens with two attached hydrogens (primary N) is 1. The molecular formula is C12H17NOS. The Morgan fingerprint density at radius 3 is 2.87 bits per heavy atom. The third-order valence-corrected chi connectivity index (χ3v) is 3.87. The molecule has 0 bridgehead atoms. The van der Waals surface area contributed by atoms with Crippen molar-refractivity contribution in [2.24, 2.45) is 11.7 Å². The molecule has 15 heavy (non-hydrogen) atoms. The SMILES string of the molecule is CC(C)C(N)C1CSc2ccccc2O1. The van der Waals surface area contributed by atoms with Crippen LogP contribution in [0.15, 0.2) is 29.2 Å². The van der Waals surface area contributed by atoms with Gasteiger partial charge in [-0.3, -0.25) is 0 Å². The fourth-order valence-electron chi connectivity index (χ4n) is 1.65. The van der Waals surface area contributed by atoms with Crippen molar-refractivity contribution < 1.29 is 4.74 Å². The quantitative estimate of drug-likeness (QED) is 0.836. The van der Waals surface area contributed by atoms with Gasteiger partial charge in [0.1, 0.15) is 11.9 Å². The van der Waals surface area contributed by atoms with Crippen molar-refractivity contribution in [2.75, 3.05) is 5.75 Å². The molecule has 1 aliphatic rings. The van der Waals surface area contributed by atoms with E-state index in [1.54, 1.807) is 0 Å². The van der Waals surface area contributed by atoms with Gasteiger partial charge in [-0.1, -0.05) is 26.0 Å². The number of thioether (sulfide) groups is 1. The van der Waals surface area contributed by atoms with Gasteiger partial charge in [0.05, 0.1) is 0 Å². The number of ether oxygens (including phenoxy) is 1. The Morgan fingerprint density at radius 2 is 2.13 bits per heavy atom. The van der Waals surface area contributed by atoms with E-state index in [2.05, 4.69) is 19.9 Å². The van der Waals surface area contributed by atoms with Gasteiger partial charge in [-0.25, -0.2) is 0 Å². The largest absolute Gasteiger partial charge is 0.487 e. The monoisotopic (exact) mass is 223 g/mol. The van der Waals surface area contributed by atoms with Crippen LogP contribution in [0.5, 0.6) is 5.75 Å². The predicted molar refractivity (Wildman–Crippen MR) is 64.4 cm³/mol. The number of rotatable bonds is 2. The van der Waals surface area contributed by atoms with E-state index in [1.165, 1.54) is 4.90 Å². The summed E-state index contributed by atoms with van der Waals surface area (Å²) in [6, 6.07) is 8.27. The number of hydrogen-bond acceptors (Lipinski definition) is 3. The number of hydrogen-bond donors (Lipinski definition) is 1. The summed E-state index contributed by atoms with van der Waals surface area (Å²) in [5.74, 6) is 2.40. The molecule has 0 radical (unpaired) electrons. The van der Waals surface area contributed by atoms with Gasteiger partial charge in [-0.05, 0) is 18.1 Å². The third-order valence-electron chi connectivity index (χ3n) is 2.73. The topological polar surface area (TPSA) is 35.2 Å². The maximum absolute atomic E-state index is 6.11. The summed E-state index contributed by atoms with van der Waals surface area (Å²) in [6.07, 6.45) is 0.143. The summed E-state index contributed by atoms with van der Waals surface area (Å²) in [6.45, 7) is 4.28. The molecule has 1 aromatic rings. The van der Waals surface area contributed by atoms with Crippen LogP contribution in [0.2, 0.25) is 0 Å². The van der Waals surface area contributed by atoms with Crippen LogP contribution in [0.1, 0.15) is 13.8 Å². The van der Waals surface area contributed by atoms with E-state index in [4.69, 9.17) is 10.5 Å². The van der Waals surface area contributed by atoms with Crippen molar-refractivity contribution in [1.82, 2.24) is 0 Å². The highest BCUT2D eigenvalue weighted by molar-refractivity contribution is 7.99. The fourth-order valence-corrected chi connectivity index (χ4v) is 2.72. The van der Waals surface area contributed by atoms with Crippen molar-refractivity contribution in [1.29, 1.82) is 0 Å². The number of para-hydroxylation sites is 1. The second-order valence-electron chi connectivity index (χ2n) is 4.24. The van der Waals surface area contributed by atoms with Gasteiger partial charge in [-0.15, -0.1) is 11.8 Å². The van der Waals surface area contributed by atoms with Crippen LogP contribution in [0.25, 0.3) is 0 Å². The molecule has 0 saturated heterocycles. The molecule has 82 valence electrons. The number of benzene rings is 1. The van der Waals surface area contributed by atoms with E-state index >= 15 is 0 Å². The van der Waals surface area contributed by atoms with Crippen molar-refractivity contribution in [3.63, 3.8) is 0 Å². The van der Waals surface area contributed by atoms with E-state index in [1.807, 2.05) is 30.0 Å². The molecule has 1 aromatic carbocycles. The Labute approximate surface area is 95.2 Å². The first-order chi connectivity index (χ1) is 7.18. The van der Waals surface area contributed by atoms with Crippen LogP contribution in [0.4, 0.5) is 0 Å². The summed E-state index contributed by atoms with van der Waals surface area (Å²) in [5, 5.41) is 0. The van der Waals surface area contributed by atoms with E-state index in [9.17, 15) is 0 Å². The van der Waals surface area contributed by atoms with E-state index in [-0.39, 0.29) is 12.1 Å². The lowest BCUT2D eigenvalue weighted by molar-refractivity contribution is 0.162. The highest BCUT2D eigenvalue weighted by Crippen LogP contribution is 2.36. The highest BCUT2D eigenvalue weighted by atomic mass is 32.2. The Kier molecular flexibility index (Phi) is 3.22. The molecule has 0 spiro atoms. The summed E-state index contributed by atoms with van der Waals surface area (Å²) < 4.78 is 5.91. The van der Waals surface area contributed by atoms with Crippen LogP contribution in [-0.2, 0) is 0 Å². The van der Waals surface area contributed by atoms with Gasteiger partial charge in [0.15, 0.2) is 0 Å². The molecule has 3 heteroatoms.